The van der Waals surface area contributed by atoms with Gasteiger partial charge in [0.25, 0.3) is 0 Å². The SMILES string of the molecule is CCCCN(C(=O)Cn1nnc2ccccc21)[C@H](C(=O)NCc1ccco1)c1ccc(F)cc1. The second-order valence-corrected chi connectivity index (χ2v) is 7.93. The van der Waals surface area contributed by atoms with E-state index in [9.17, 15) is 14.0 Å². The highest BCUT2D eigenvalue weighted by atomic mass is 19.1. The minimum Gasteiger partial charge on any atom is -0.467 e. The number of carbonyl (C=O) groups excluding carboxylic acids is 2. The van der Waals surface area contributed by atoms with E-state index < -0.39 is 11.9 Å². The molecule has 2 aromatic heterocycles. The maximum Gasteiger partial charge on any atom is 0.247 e. The van der Waals surface area contributed by atoms with Gasteiger partial charge in [0.05, 0.1) is 18.3 Å². The van der Waals surface area contributed by atoms with Crippen LogP contribution in [0.1, 0.15) is 37.1 Å². The van der Waals surface area contributed by atoms with Crippen molar-refractivity contribution in [1.29, 1.82) is 0 Å². The summed E-state index contributed by atoms with van der Waals surface area (Å²) in [6.07, 6.45) is 3.06. The summed E-state index contributed by atoms with van der Waals surface area (Å²) in [5.41, 5.74) is 1.93. The van der Waals surface area contributed by atoms with Crippen molar-refractivity contribution in [3.05, 3.63) is 84.1 Å². The standard InChI is InChI=1S/C25H26FN5O3/c1-2-3-14-30(23(32)17-31-22-9-5-4-8-21(22)28-29-31)24(18-10-12-19(26)13-11-18)25(33)27-16-20-7-6-15-34-20/h4-13,15,24H,2-3,14,16-17H2,1H3,(H,27,33)/t24-/m0/s1. The van der Waals surface area contributed by atoms with Crippen LogP contribution in [0, 0.1) is 5.82 Å². The summed E-state index contributed by atoms with van der Waals surface area (Å²) in [4.78, 5) is 28.4. The van der Waals surface area contributed by atoms with Gasteiger partial charge in [-0.15, -0.1) is 5.10 Å². The molecule has 4 rings (SSSR count). The first-order valence-corrected chi connectivity index (χ1v) is 11.2. The summed E-state index contributed by atoms with van der Waals surface area (Å²) in [7, 11) is 0. The van der Waals surface area contributed by atoms with E-state index in [-0.39, 0.29) is 24.9 Å². The number of amides is 2. The molecule has 0 aliphatic carbocycles. The fourth-order valence-corrected chi connectivity index (χ4v) is 3.78. The third-order valence-corrected chi connectivity index (χ3v) is 5.54. The van der Waals surface area contributed by atoms with Crippen LogP contribution in [0.2, 0.25) is 0 Å². The lowest BCUT2D eigenvalue weighted by atomic mass is 10.0. The average Bonchev–Trinajstić information content (AvgIpc) is 3.51. The molecule has 2 aromatic carbocycles. The molecule has 0 unspecified atom stereocenters. The van der Waals surface area contributed by atoms with Crippen LogP contribution in [0.15, 0.2) is 71.3 Å². The van der Waals surface area contributed by atoms with Gasteiger partial charge in [0.15, 0.2) is 0 Å². The second kappa shape index (κ2) is 10.7. The topological polar surface area (TPSA) is 93.3 Å². The van der Waals surface area contributed by atoms with Crippen LogP contribution in [0.5, 0.6) is 0 Å². The van der Waals surface area contributed by atoms with Gasteiger partial charge in [-0.3, -0.25) is 9.59 Å². The summed E-state index contributed by atoms with van der Waals surface area (Å²) in [5, 5.41) is 11.1. The zero-order valence-corrected chi connectivity index (χ0v) is 18.9. The van der Waals surface area contributed by atoms with Crippen LogP contribution >= 0.6 is 0 Å². The van der Waals surface area contributed by atoms with Crippen molar-refractivity contribution in [3.8, 4) is 0 Å². The molecule has 4 aromatic rings. The Kier molecular flexibility index (Phi) is 7.31. The number of hydrogen-bond acceptors (Lipinski definition) is 5. The van der Waals surface area contributed by atoms with Crippen molar-refractivity contribution >= 4 is 22.8 Å². The van der Waals surface area contributed by atoms with E-state index in [0.717, 1.165) is 11.9 Å². The molecular formula is C25H26FN5O3. The summed E-state index contributed by atoms with van der Waals surface area (Å²) in [6.45, 7) is 2.47. The molecule has 0 spiro atoms. The minimum absolute atomic E-state index is 0.0760. The molecular weight excluding hydrogens is 437 g/mol. The Morgan fingerprint density at radius 2 is 1.91 bits per heavy atom. The number of furan rings is 1. The molecule has 0 fully saturated rings. The van der Waals surface area contributed by atoms with Crippen LogP contribution < -0.4 is 5.32 Å². The summed E-state index contributed by atoms with van der Waals surface area (Å²) < 4.78 is 20.5. The third-order valence-electron chi connectivity index (χ3n) is 5.54. The third kappa shape index (κ3) is 5.31. The van der Waals surface area contributed by atoms with E-state index in [1.807, 2.05) is 31.2 Å². The number of nitrogens with one attached hydrogen (secondary N) is 1. The van der Waals surface area contributed by atoms with Gasteiger partial charge in [-0.05, 0) is 48.4 Å². The largest absolute Gasteiger partial charge is 0.467 e. The van der Waals surface area contributed by atoms with E-state index >= 15 is 0 Å². The molecule has 0 aliphatic rings. The van der Waals surface area contributed by atoms with Crippen LogP contribution in [0.3, 0.4) is 0 Å². The smallest absolute Gasteiger partial charge is 0.247 e. The second-order valence-electron chi connectivity index (χ2n) is 7.93. The predicted molar refractivity (Wildman–Crippen MR) is 124 cm³/mol. The highest BCUT2D eigenvalue weighted by Crippen LogP contribution is 2.24. The van der Waals surface area contributed by atoms with E-state index in [1.54, 1.807) is 12.1 Å². The number of benzene rings is 2. The van der Waals surface area contributed by atoms with Gasteiger partial charge in [0, 0.05) is 6.54 Å². The van der Waals surface area contributed by atoms with Crippen molar-refractivity contribution in [2.24, 2.45) is 0 Å². The number of carbonyl (C=O) groups is 2. The maximum absolute atomic E-state index is 13.6. The lowest BCUT2D eigenvalue weighted by Crippen LogP contribution is -2.45. The molecule has 8 nitrogen and oxygen atoms in total. The van der Waals surface area contributed by atoms with Crippen LogP contribution in [0.4, 0.5) is 4.39 Å². The monoisotopic (exact) mass is 463 g/mol. The highest BCUT2D eigenvalue weighted by molar-refractivity contribution is 5.89. The molecule has 0 aliphatic heterocycles. The van der Waals surface area contributed by atoms with Gasteiger partial charge in [0.1, 0.15) is 29.7 Å². The Morgan fingerprint density at radius 3 is 2.65 bits per heavy atom. The lowest BCUT2D eigenvalue weighted by molar-refractivity contribution is -0.141. The molecule has 2 amide bonds. The van der Waals surface area contributed by atoms with E-state index in [2.05, 4.69) is 15.6 Å². The number of fused-ring (bicyclic) bond motifs is 1. The Hall–Kier alpha value is -4.01. The zero-order chi connectivity index (χ0) is 23.9. The van der Waals surface area contributed by atoms with Crippen LogP contribution in [0.25, 0.3) is 11.0 Å². The van der Waals surface area contributed by atoms with Crippen molar-refractivity contribution < 1.29 is 18.4 Å². The number of halogens is 1. The molecule has 0 radical (unpaired) electrons. The molecule has 9 heteroatoms. The minimum atomic E-state index is -0.940. The van der Waals surface area contributed by atoms with E-state index in [0.29, 0.717) is 29.8 Å². The first-order valence-electron chi connectivity index (χ1n) is 11.2. The fourth-order valence-electron chi connectivity index (χ4n) is 3.78. The van der Waals surface area contributed by atoms with Crippen LogP contribution in [-0.2, 0) is 22.7 Å². The summed E-state index contributed by atoms with van der Waals surface area (Å²) in [6, 6.07) is 15.5. The highest BCUT2D eigenvalue weighted by Gasteiger charge is 2.31. The van der Waals surface area contributed by atoms with Crippen molar-refractivity contribution in [3.63, 3.8) is 0 Å². The van der Waals surface area contributed by atoms with Crippen LogP contribution in [-0.4, -0.2) is 38.3 Å². The fraction of sp³-hybridized carbons (Fsp3) is 0.280. The molecule has 34 heavy (non-hydrogen) atoms. The average molecular weight is 464 g/mol. The van der Waals surface area contributed by atoms with Gasteiger partial charge in [-0.25, -0.2) is 9.07 Å². The summed E-state index contributed by atoms with van der Waals surface area (Å²) in [5.74, 6) is -0.492. The number of aromatic nitrogens is 3. The van der Waals surface area contributed by atoms with E-state index in [4.69, 9.17) is 4.42 Å². The first-order chi connectivity index (χ1) is 16.6. The number of rotatable bonds is 10. The Labute approximate surface area is 196 Å². The van der Waals surface area contributed by atoms with Gasteiger partial charge >= 0.3 is 0 Å². The van der Waals surface area contributed by atoms with Gasteiger partial charge in [-0.1, -0.05) is 42.8 Å². The molecule has 2 heterocycles. The predicted octanol–water partition coefficient (Wildman–Crippen LogP) is 3.85. The van der Waals surface area contributed by atoms with E-state index in [1.165, 1.54) is 40.1 Å². The Morgan fingerprint density at radius 1 is 1.12 bits per heavy atom. The van der Waals surface area contributed by atoms with Crippen molar-refractivity contribution in [1.82, 2.24) is 25.2 Å². The Bertz CT molecular complexity index is 1240. The molecule has 1 atom stereocenters. The normalized spacial score (nSPS) is 11.9. The molecule has 0 saturated heterocycles. The number of nitrogens with zero attached hydrogens (tertiary/aromatic N) is 4. The molecule has 1 N–H and O–H groups in total. The Balaban J connectivity index is 1.63. The number of unbranched alkanes of at least 4 members (excludes halogenated alkanes) is 1. The molecule has 176 valence electrons. The first kappa shape index (κ1) is 23.2. The zero-order valence-electron chi connectivity index (χ0n) is 18.9. The van der Waals surface area contributed by atoms with Gasteiger partial charge < -0.3 is 14.6 Å². The van der Waals surface area contributed by atoms with Gasteiger partial charge in [-0.2, -0.15) is 0 Å². The van der Waals surface area contributed by atoms with Crippen molar-refractivity contribution in [2.75, 3.05) is 6.54 Å². The summed E-state index contributed by atoms with van der Waals surface area (Å²) >= 11 is 0. The van der Waals surface area contributed by atoms with Gasteiger partial charge in [0.2, 0.25) is 11.8 Å². The lowest BCUT2D eigenvalue weighted by Gasteiger charge is -2.31. The number of hydrogen-bond donors (Lipinski definition) is 1. The molecule has 0 saturated carbocycles. The number of para-hydroxylation sites is 1. The maximum atomic E-state index is 13.6. The molecule has 0 bridgehead atoms. The quantitative estimate of drug-likeness (QED) is 0.386. The van der Waals surface area contributed by atoms with Crippen molar-refractivity contribution in [2.45, 2.75) is 38.9 Å².